The lowest BCUT2D eigenvalue weighted by Crippen LogP contribution is -2.13. The first kappa shape index (κ1) is 14.5. The summed E-state index contributed by atoms with van der Waals surface area (Å²) in [5, 5.41) is 4.02. The Labute approximate surface area is 119 Å². The number of nitrogens with two attached hydrogens (primary N) is 1. The summed E-state index contributed by atoms with van der Waals surface area (Å²) >= 11 is 0. The highest BCUT2D eigenvalue weighted by molar-refractivity contribution is 5.64. The Morgan fingerprint density at radius 1 is 1.35 bits per heavy atom. The monoisotopic (exact) mass is 275 g/mol. The second-order valence-corrected chi connectivity index (χ2v) is 5.40. The summed E-state index contributed by atoms with van der Waals surface area (Å²) < 4.78 is 10.6. The van der Waals surface area contributed by atoms with E-state index in [0.29, 0.717) is 17.6 Å². The average Bonchev–Trinajstić information content (AvgIpc) is 2.87. The van der Waals surface area contributed by atoms with Crippen molar-refractivity contribution in [3.63, 3.8) is 0 Å². The van der Waals surface area contributed by atoms with Crippen LogP contribution < -0.4 is 10.5 Å². The average molecular weight is 275 g/mol. The Balaban J connectivity index is 2.31. The summed E-state index contributed by atoms with van der Waals surface area (Å²) in [6.45, 7) is 6.23. The van der Waals surface area contributed by atoms with Crippen LogP contribution in [0.2, 0.25) is 0 Å². The van der Waals surface area contributed by atoms with E-state index in [2.05, 4.69) is 24.0 Å². The summed E-state index contributed by atoms with van der Waals surface area (Å²) in [5.74, 6) is 2.19. The van der Waals surface area contributed by atoms with Crippen LogP contribution in [-0.2, 0) is 0 Å². The van der Waals surface area contributed by atoms with Crippen molar-refractivity contribution in [1.29, 1.82) is 0 Å². The van der Waals surface area contributed by atoms with E-state index in [1.807, 2.05) is 25.1 Å². The van der Waals surface area contributed by atoms with Crippen LogP contribution >= 0.6 is 0 Å². The van der Waals surface area contributed by atoms with Crippen LogP contribution in [0.4, 0.5) is 0 Å². The molecule has 108 valence electrons. The van der Waals surface area contributed by atoms with E-state index >= 15 is 0 Å². The van der Waals surface area contributed by atoms with Gasteiger partial charge in [0.2, 0.25) is 11.7 Å². The van der Waals surface area contributed by atoms with Crippen LogP contribution in [0.5, 0.6) is 5.75 Å². The molecule has 0 amide bonds. The zero-order valence-corrected chi connectivity index (χ0v) is 12.4. The third-order valence-corrected chi connectivity index (χ3v) is 3.08. The van der Waals surface area contributed by atoms with Gasteiger partial charge < -0.3 is 15.0 Å². The molecule has 0 saturated carbocycles. The van der Waals surface area contributed by atoms with Gasteiger partial charge in [-0.05, 0) is 31.4 Å². The van der Waals surface area contributed by atoms with Crippen LogP contribution in [0, 0.1) is 12.8 Å². The molecule has 5 heteroatoms. The number of methoxy groups -OCH3 is 1. The molecule has 0 saturated heterocycles. The number of aromatic nitrogens is 2. The number of hydrogen-bond acceptors (Lipinski definition) is 5. The Morgan fingerprint density at radius 3 is 2.75 bits per heavy atom. The highest BCUT2D eigenvalue weighted by atomic mass is 16.5. The van der Waals surface area contributed by atoms with Crippen molar-refractivity contribution in [2.45, 2.75) is 33.2 Å². The summed E-state index contributed by atoms with van der Waals surface area (Å²) in [7, 11) is 1.62. The largest absolute Gasteiger partial charge is 0.496 e. The van der Waals surface area contributed by atoms with Gasteiger partial charge in [-0.15, -0.1) is 0 Å². The Kier molecular flexibility index (Phi) is 4.39. The Hall–Kier alpha value is -1.88. The molecule has 2 rings (SSSR count). The van der Waals surface area contributed by atoms with E-state index in [-0.39, 0.29) is 6.04 Å². The van der Waals surface area contributed by atoms with Crippen LogP contribution in [-0.4, -0.2) is 17.3 Å². The number of benzene rings is 1. The van der Waals surface area contributed by atoms with Crippen molar-refractivity contribution in [2.24, 2.45) is 11.7 Å². The fraction of sp³-hybridized carbons (Fsp3) is 0.467. The topological polar surface area (TPSA) is 74.2 Å². The fourth-order valence-electron chi connectivity index (χ4n) is 2.10. The van der Waals surface area contributed by atoms with Gasteiger partial charge in [-0.3, -0.25) is 0 Å². The molecular weight excluding hydrogens is 254 g/mol. The molecule has 0 fully saturated rings. The summed E-state index contributed by atoms with van der Waals surface area (Å²) in [5.41, 5.74) is 7.99. The van der Waals surface area contributed by atoms with Crippen molar-refractivity contribution < 1.29 is 9.26 Å². The van der Waals surface area contributed by atoms with E-state index < -0.39 is 0 Å². The van der Waals surface area contributed by atoms with Crippen LogP contribution in [0.25, 0.3) is 11.4 Å². The molecule has 0 aliphatic rings. The molecule has 1 atom stereocenters. The highest BCUT2D eigenvalue weighted by Crippen LogP contribution is 2.29. The minimum atomic E-state index is -0.230. The quantitative estimate of drug-likeness (QED) is 0.907. The fourth-order valence-corrected chi connectivity index (χ4v) is 2.10. The lowest BCUT2D eigenvalue weighted by Gasteiger charge is -2.08. The molecule has 20 heavy (non-hydrogen) atoms. The first-order valence-corrected chi connectivity index (χ1v) is 6.75. The molecule has 1 aromatic carbocycles. The van der Waals surface area contributed by atoms with Crippen molar-refractivity contribution in [3.05, 3.63) is 29.7 Å². The third kappa shape index (κ3) is 3.17. The van der Waals surface area contributed by atoms with Gasteiger partial charge in [0.1, 0.15) is 5.75 Å². The molecule has 5 nitrogen and oxygen atoms in total. The maximum Gasteiger partial charge on any atom is 0.243 e. The maximum absolute atomic E-state index is 6.06. The second-order valence-electron chi connectivity index (χ2n) is 5.40. The number of ether oxygens (including phenoxy) is 1. The zero-order chi connectivity index (χ0) is 14.7. The van der Waals surface area contributed by atoms with Crippen LogP contribution in [0.3, 0.4) is 0 Å². The minimum absolute atomic E-state index is 0.230. The molecular formula is C15H21N3O2. The summed E-state index contributed by atoms with van der Waals surface area (Å²) in [4.78, 5) is 4.40. The molecule has 0 spiro atoms. The van der Waals surface area contributed by atoms with Gasteiger partial charge in [0.25, 0.3) is 0 Å². The highest BCUT2D eigenvalue weighted by Gasteiger charge is 2.18. The number of aryl methyl sites for hydroxylation is 1. The smallest absolute Gasteiger partial charge is 0.243 e. The molecule has 0 bridgehead atoms. The standard InChI is InChI=1S/C15H21N3O2/c1-9(2)7-12(16)15-17-14(18-20-15)11-8-10(3)5-6-13(11)19-4/h5-6,8-9,12H,7,16H2,1-4H3/t12-/m1/s1. The van der Waals surface area contributed by atoms with E-state index in [0.717, 1.165) is 23.3 Å². The van der Waals surface area contributed by atoms with E-state index in [9.17, 15) is 0 Å². The molecule has 0 aliphatic heterocycles. The van der Waals surface area contributed by atoms with Crippen LogP contribution in [0.15, 0.2) is 22.7 Å². The van der Waals surface area contributed by atoms with E-state index in [1.165, 1.54) is 0 Å². The van der Waals surface area contributed by atoms with Crippen LogP contribution in [0.1, 0.15) is 37.8 Å². The number of hydrogen-bond donors (Lipinski definition) is 1. The van der Waals surface area contributed by atoms with E-state index in [1.54, 1.807) is 7.11 Å². The lowest BCUT2D eigenvalue weighted by atomic mass is 10.0. The van der Waals surface area contributed by atoms with Crippen molar-refractivity contribution >= 4 is 0 Å². The predicted molar refractivity (Wildman–Crippen MR) is 77.4 cm³/mol. The van der Waals surface area contributed by atoms with E-state index in [4.69, 9.17) is 15.0 Å². The normalized spacial score (nSPS) is 12.7. The molecule has 0 unspecified atom stereocenters. The molecule has 1 aromatic heterocycles. The van der Waals surface area contributed by atoms with Crippen molar-refractivity contribution in [2.75, 3.05) is 7.11 Å². The second kappa shape index (κ2) is 6.05. The van der Waals surface area contributed by atoms with Gasteiger partial charge in [-0.25, -0.2) is 0 Å². The predicted octanol–water partition coefficient (Wildman–Crippen LogP) is 3.10. The molecule has 1 heterocycles. The van der Waals surface area contributed by atoms with Gasteiger partial charge in [-0.2, -0.15) is 4.98 Å². The minimum Gasteiger partial charge on any atom is -0.496 e. The first-order valence-electron chi connectivity index (χ1n) is 6.75. The Bertz CT molecular complexity index is 578. The van der Waals surface area contributed by atoms with Crippen molar-refractivity contribution in [3.8, 4) is 17.1 Å². The van der Waals surface area contributed by atoms with Gasteiger partial charge in [-0.1, -0.05) is 30.6 Å². The SMILES string of the molecule is COc1ccc(C)cc1-c1noc([C@H](N)CC(C)C)n1. The molecule has 0 aliphatic carbocycles. The molecule has 0 radical (unpaired) electrons. The molecule has 2 aromatic rings. The number of rotatable bonds is 5. The number of nitrogens with zero attached hydrogens (tertiary/aromatic N) is 2. The molecule has 2 N–H and O–H groups in total. The zero-order valence-electron chi connectivity index (χ0n) is 12.4. The van der Waals surface area contributed by atoms with Crippen molar-refractivity contribution in [1.82, 2.24) is 10.1 Å². The lowest BCUT2D eigenvalue weighted by molar-refractivity contribution is 0.335. The third-order valence-electron chi connectivity index (χ3n) is 3.08. The maximum atomic E-state index is 6.06. The first-order chi connectivity index (χ1) is 9.51. The van der Waals surface area contributed by atoms with Gasteiger partial charge >= 0.3 is 0 Å². The summed E-state index contributed by atoms with van der Waals surface area (Å²) in [6, 6.07) is 5.62. The van der Waals surface area contributed by atoms with Gasteiger partial charge in [0.05, 0.1) is 18.7 Å². The van der Waals surface area contributed by atoms with Gasteiger partial charge in [0, 0.05) is 0 Å². The van der Waals surface area contributed by atoms with Gasteiger partial charge in [0.15, 0.2) is 0 Å². The Morgan fingerprint density at radius 2 is 2.10 bits per heavy atom. The summed E-state index contributed by atoms with van der Waals surface area (Å²) in [6.07, 6.45) is 0.812.